The van der Waals surface area contributed by atoms with Crippen molar-refractivity contribution in [1.82, 2.24) is 4.90 Å². The van der Waals surface area contributed by atoms with E-state index in [1.165, 1.54) is 6.42 Å². The van der Waals surface area contributed by atoms with Crippen molar-refractivity contribution < 1.29 is 9.84 Å². The second kappa shape index (κ2) is 4.18. The van der Waals surface area contributed by atoms with Crippen LogP contribution in [0.5, 0.6) is 11.5 Å². The molecule has 0 aliphatic carbocycles. The van der Waals surface area contributed by atoms with E-state index in [1.54, 1.807) is 6.07 Å². The van der Waals surface area contributed by atoms with Crippen molar-refractivity contribution in [1.29, 1.82) is 0 Å². The normalized spacial score (nSPS) is 28.1. The molecule has 1 fully saturated rings. The van der Waals surface area contributed by atoms with Crippen LogP contribution >= 0.6 is 15.9 Å². The van der Waals surface area contributed by atoms with Crippen LogP contribution in [-0.2, 0) is 0 Å². The first-order chi connectivity index (χ1) is 8.15. The minimum atomic E-state index is 0.313. The summed E-state index contributed by atoms with van der Waals surface area (Å²) in [7, 11) is 2.16. The lowest BCUT2D eigenvalue weighted by Crippen LogP contribution is -2.41. The monoisotopic (exact) mass is 297 g/mol. The van der Waals surface area contributed by atoms with Gasteiger partial charge in [-0.2, -0.15) is 0 Å². The number of likely N-dealkylation sites (tertiary alicyclic amines) is 1. The predicted molar refractivity (Wildman–Crippen MR) is 69.6 cm³/mol. The number of phenols is 1. The number of piperidine rings is 1. The smallest absolute Gasteiger partial charge is 0.137 e. The summed E-state index contributed by atoms with van der Waals surface area (Å²) in [6.07, 6.45) is 1.17. The molecule has 3 rings (SSSR count). The summed E-state index contributed by atoms with van der Waals surface area (Å²) >= 11 is 3.47. The SMILES string of the molecule is CN1CCC2COc3c(Br)cc(O)cc3C2C1. The fourth-order valence-electron chi connectivity index (χ4n) is 2.93. The highest BCUT2D eigenvalue weighted by Crippen LogP contribution is 2.45. The Morgan fingerprint density at radius 1 is 1.47 bits per heavy atom. The summed E-state index contributed by atoms with van der Waals surface area (Å²) in [6.45, 7) is 2.99. The van der Waals surface area contributed by atoms with Gasteiger partial charge in [0.15, 0.2) is 0 Å². The molecule has 1 saturated heterocycles. The number of halogens is 1. The van der Waals surface area contributed by atoms with Crippen LogP contribution in [0.25, 0.3) is 0 Å². The third-order valence-electron chi connectivity index (χ3n) is 3.86. The third-order valence-corrected chi connectivity index (χ3v) is 4.45. The standard InChI is InChI=1S/C13H16BrNO2/c1-15-3-2-8-7-17-13-10(11(8)6-15)4-9(16)5-12(13)14/h4-5,8,11,16H,2-3,6-7H2,1H3. The van der Waals surface area contributed by atoms with E-state index in [0.717, 1.165) is 35.5 Å². The van der Waals surface area contributed by atoms with Crippen molar-refractivity contribution in [3.8, 4) is 11.5 Å². The number of rotatable bonds is 0. The molecule has 0 aromatic heterocycles. The van der Waals surface area contributed by atoms with E-state index < -0.39 is 0 Å². The average molecular weight is 298 g/mol. The molecule has 0 radical (unpaired) electrons. The van der Waals surface area contributed by atoms with E-state index in [2.05, 4.69) is 27.9 Å². The fraction of sp³-hybridized carbons (Fsp3) is 0.538. The third kappa shape index (κ3) is 1.93. The van der Waals surface area contributed by atoms with Crippen LogP contribution in [0, 0.1) is 5.92 Å². The van der Waals surface area contributed by atoms with Crippen LogP contribution in [0.2, 0.25) is 0 Å². The minimum Gasteiger partial charge on any atom is -0.508 e. The maximum Gasteiger partial charge on any atom is 0.137 e. The molecule has 1 aromatic carbocycles. The molecule has 3 nitrogen and oxygen atoms in total. The van der Waals surface area contributed by atoms with Crippen molar-refractivity contribution in [2.24, 2.45) is 5.92 Å². The van der Waals surface area contributed by atoms with Gasteiger partial charge in [-0.1, -0.05) is 0 Å². The van der Waals surface area contributed by atoms with Crippen molar-refractivity contribution in [3.05, 3.63) is 22.2 Å². The summed E-state index contributed by atoms with van der Waals surface area (Å²) in [5.41, 5.74) is 1.15. The number of ether oxygens (including phenoxy) is 1. The van der Waals surface area contributed by atoms with Gasteiger partial charge in [0.05, 0.1) is 11.1 Å². The second-order valence-electron chi connectivity index (χ2n) is 5.07. The Labute approximate surface area is 110 Å². The zero-order valence-electron chi connectivity index (χ0n) is 9.82. The summed E-state index contributed by atoms with van der Waals surface area (Å²) in [5.74, 6) is 2.31. The number of likely N-dealkylation sites (N-methyl/N-ethyl adjacent to an activating group) is 1. The highest BCUT2D eigenvalue weighted by Gasteiger charge is 2.35. The van der Waals surface area contributed by atoms with Gasteiger partial charge in [-0.05, 0) is 48.1 Å². The Kier molecular flexibility index (Phi) is 2.79. The molecule has 2 aliphatic rings. The van der Waals surface area contributed by atoms with Crippen LogP contribution in [0.1, 0.15) is 17.9 Å². The molecule has 2 heterocycles. The van der Waals surface area contributed by atoms with Gasteiger partial charge in [0, 0.05) is 23.9 Å². The summed E-state index contributed by atoms with van der Waals surface area (Å²) in [6, 6.07) is 3.56. The number of fused-ring (bicyclic) bond motifs is 3. The molecular weight excluding hydrogens is 282 g/mol. The minimum absolute atomic E-state index is 0.313. The predicted octanol–water partition coefficient (Wildman–Crippen LogP) is 2.58. The number of phenolic OH excluding ortho intramolecular Hbond substituents is 1. The molecule has 2 aliphatic heterocycles. The molecule has 92 valence electrons. The molecule has 2 atom stereocenters. The van der Waals surface area contributed by atoms with Gasteiger partial charge in [0.2, 0.25) is 0 Å². The lowest BCUT2D eigenvalue weighted by molar-refractivity contribution is 0.113. The van der Waals surface area contributed by atoms with Crippen LogP contribution in [0.15, 0.2) is 16.6 Å². The molecule has 1 aromatic rings. The number of hydrogen-bond acceptors (Lipinski definition) is 3. The first-order valence-electron chi connectivity index (χ1n) is 5.99. The molecule has 2 unspecified atom stereocenters. The molecule has 4 heteroatoms. The zero-order chi connectivity index (χ0) is 12.0. The van der Waals surface area contributed by atoms with E-state index in [9.17, 15) is 5.11 Å². The van der Waals surface area contributed by atoms with Gasteiger partial charge < -0.3 is 14.7 Å². The molecule has 0 amide bonds. The van der Waals surface area contributed by atoms with E-state index >= 15 is 0 Å². The zero-order valence-corrected chi connectivity index (χ0v) is 11.4. The van der Waals surface area contributed by atoms with Crippen LogP contribution < -0.4 is 4.74 Å². The molecular formula is C13H16BrNO2. The number of hydrogen-bond donors (Lipinski definition) is 1. The molecule has 0 spiro atoms. The van der Waals surface area contributed by atoms with Gasteiger partial charge in [0.1, 0.15) is 11.5 Å². The van der Waals surface area contributed by atoms with Crippen molar-refractivity contribution in [2.75, 3.05) is 26.7 Å². The number of benzene rings is 1. The quantitative estimate of drug-likeness (QED) is 0.799. The summed E-state index contributed by atoms with van der Waals surface area (Å²) in [4.78, 5) is 2.36. The first-order valence-corrected chi connectivity index (χ1v) is 6.78. The molecule has 17 heavy (non-hydrogen) atoms. The lowest BCUT2D eigenvalue weighted by Gasteiger charge is -2.40. The topological polar surface area (TPSA) is 32.7 Å². The highest BCUT2D eigenvalue weighted by atomic mass is 79.9. The Hall–Kier alpha value is -0.740. The highest BCUT2D eigenvalue weighted by molar-refractivity contribution is 9.10. The van der Waals surface area contributed by atoms with E-state index in [1.807, 2.05) is 6.07 Å². The lowest BCUT2D eigenvalue weighted by atomic mass is 9.79. The maximum atomic E-state index is 9.73. The fourth-order valence-corrected chi connectivity index (χ4v) is 3.51. The van der Waals surface area contributed by atoms with Crippen molar-refractivity contribution in [2.45, 2.75) is 12.3 Å². The van der Waals surface area contributed by atoms with E-state index in [4.69, 9.17) is 4.74 Å². The van der Waals surface area contributed by atoms with Gasteiger partial charge in [-0.3, -0.25) is 0 Å². The maximum absolute atomic E-state index is 9.73. The first kappa shape index (κ1) is 11.4. The Morgan fingerprint density at radius 3 is 3.12 bits per heavy atom. The van der Waals surface area contributed by atoms with Gasteiger partial charge in [0.25, 0.3) is 0 Å². The van der Waals surface area contributed by atoms with Crippen LogP contribution in [0.4, 0.5) is 0 Å². The van der Waals surface area contributed by atoms with Gasteiger partial charge in [-0.15, -0.1) is 0 Å². The Balaban J connectivity index is 2.04. The largest absolute Gasteiger partial charge is 0.508 e. The van der Waals surface area contributed by atoms with Crippen LogP contribution in [0.3, 0.4) is 0 Å². The van der Waals surface area contributed by atoms with E-state index in [-0.39, 0.29) is 0 Å². The Bertz CT molecular complexity index is 449. The van der Waals surface area contributed by atoms with E-state index in [0.29, 0.717) is 17.6 Å². The van der Waals surface area contributed by atoms with Crippen molar-refractivity contribution in [3.63, 3.8) is 0 Å². The summed E-state index contributed by atoms with van der Waals surface area (Å²) < 4.78 is 6.70. The number of aromatic hydroxyl groups is 1. The average Bonchev–Trinajstić information content (AvgIpc) is 2.28. The Morgan fingerprint density at radius 2 is 2.29 bits per heavy atom. The van der Waals surface area contributed by atoms with Gasteiger partial charge >= 0.3 is 0 Å². The molecule has 1 N–H and O–H groups in total. The van der Waals surface area contributed by atoms with Crippen LogP contribution in [-0.4, -0.2) is 36.8 Å². The van der Waals surface area contributed by atoms with Crippen molar-refractivity contribution >= 4 is 15.9 Å². The summed E-state index contributed by atoms with van der Waals surface area (Å²) in [5, 5.41) is 9.73. The molecule has 0 bridgehead atoms. The van der Waals surface area contributed by atoms with Gasteiger partial charge in [-0.25, -0.2) is 0 Å². The molecule has 0 saturated carbocycles. The second-order valence-corrected chi connectivity index (χ2v) is 5.93. The number of nitrogens with zero attached hydrogens (tertiary/aromatic N) is 1.